The summed E-state index contributed by atoms with van der Waals surface area (Å²) in [6.45, 7) is 6.89. The summed E-state index contributed by atoms with van der Waals surface area (Å²) in [6.07, 6.45) is 4.47. The summed E-state index contributed by atoms with van der Waals surface area (Å²) >= 11 is 1.66. The Morgan fingerprint density at radius 1 is 1.23 bits per heavy atom. The van der Waals surface area contributed by atoms with Gasteiger partial charge in [0.05, 0.1) is 30.1 Å². The first kappa shape index (κ1) is 21.4. The smallest absolute Gasteiger partial charge is 0.254 e. The Kier molecular flexibility index (Phi) is 7.12. The number of likely N-dealkylation sites (tertiary alicyclic amines) is 1. The lowest BCUT2D eigenvalue weighted by Gasteiger charge is -2.32. The van der Waals surface area contributed by atoms with E-state index in [1.54, 1.807) is 11.8 Å². The molecule has 1 unspecified atom stereocenters. The molecular weight excluding hydrogens is 400 g/mol. The first-order chi connectivity index (χ1) is 14.6. The van der Waals surface area contributed by atoms with Crippen molar-refractivity contribution in [3.8, 4) is 0 Å². The predicted molar refractivity (Wildman–Crippen MR) is 116 cm³/mol. The highest BCUT2D eigenvalue weighted by Gasteiger charge is 2.27. The summed E-state index contributed by atoms with van der Waals surface area (Å²) in [5, 5.41) is 4.02. The molecule has 0 spiro atoms. The number of aromatic nitrogens is 1. The fraction of sp³-hybridized carbons (Fsp3) is 0.565. The minimum atomic E-state index is 0.106. The van der Waals surface area contributed by atoms with Crippen molar-refractivity contribution in [1.82, 2.24) is 10.1 Å². The lowest BCUT2D eigenvalue weighted by atomic mass is 10.1. The van der Waals surface area contributed by atoms with Crippen LogP contribution in [-0.4, -0.2) is 54.5 Å². The van der Waals surface area contributed by atoms with E-state index >= 15 is 0 Å². The summed E-state index contributed by atoms with van der Waals surface area (Å²) in [6, 6.07) is 7.87. The lowest BCUT2D eigenvalue weighted by molar-refractivity contribution is -0.0395. The van der Waals surface area contributed by atoms with Gasteiger partial charge in [-0.2, -0.15) is 0 Å². The predicted octanol–water partition coefficient (Wildman–Crippen LogP) is 4.38. The van der Waals surface area contributed by atoms with Gasteiger partial charge < -0.3 is 18.9 Å². The average Bonchev–Trinajstić information content (AvgIpc) is 3.41. The molecule has 0 bridgehead atoms. The van der Waals surface area contributed by atoms with E-state index in [1.807, 2.05) is 43.0 Å². The molecule has 2 aliphatic rings. The molecule has 3 heterocycles. The van der Waals surface area contributed by atoms with Gasteiger partial charge in [-0.3, -0.25) is 4.79 Å². The second-order valence-electron chi connectivity index (χ2n) is 8.05. The summed E-state index contributed by atoms with van der Waals surface area (Å²) in [7, 11) is 0. The molecule has 7 heteroatoms. The number of ether oxygens (including phenoxy) is 2. The lowest BCUT2D eigenvalue weighted by Crippen LogP contribution is -2.41. The van der Waals surface area contributed by atoms with Crippen molar-refractivity contribution in [2.75, 3.05) is 26.3 Å². The van der Waals surface area contributed by atoms with Gasteiger partial charge in [0.15, 0.2) is 0 Å². The fourth-order valence-corrected chi connectivity index (χ4v) is 5.24. The van der Waals surface area contributed by atoms with Crippen LogP contribution in [-0.2, 0) is 15.2 Å². The number of rotatable bonds is 7. The normalized spacial score (nSPS) is 20.1. The number of hydrogen-bond acceptors (Lipinski definition) is 6. The maximum absolute atomic E-state index is 13.2. The molecule has 0 radical (unpaired) electrons. The average molecular weight is 431 g/mol. The first-order valence-corrected chi connectivity index (χ1v) is 11.8. The van der Waals surface area contributed by atoms with Crippen molar-refractivity contribution in [2.24, 2.45) is 0 Å². The van der Waals surface area contributed by atoms with E-state index in [4.69, 9.17) is 14.0 Å². The molecule has 1 atom stereocenters. The zero-order valence-corrected chi connectivity index (χ0v) is 18.6. The topological polar surface area (TPSA) is 64.8 Å². The van der Waals surface area contributed by atoms with E-state index in [-0.39, 0.29) is 18.1 Å². The van der Waals surface area contributed by atoms with Crippen LogP contribution in [0.3, 0.4) is 0 Å². The van der Waals surface area contributed by atoms with Crippen LogP contribution in [0.5, 0.6) is 0 Å². The summed E-state index contributed by atoms with van der Waals surface area (Å²) in [4.78, 5) is 16.2. The highest BCUT2D eigenvalue weighted by molar-refractivity contribution is 7.98. The van der Waals surface area contributed by atoms with Crippen LogP contribution in [0.4, 0.5) is 0 Å². The molecule has 6 nitrogen and oxygen atoms in total. The molecule has 162 valence electrons. The largest absolute Gasteiger partial charge is 0.376 e. The fourth-order valence-electron chi connectivity index (χ4n) is 4.04. The number of hydrogen-bond donors (Lipinski definition) is 0. The standard InChI is InChI=1S/C23H30N2O4S/c1-16-21(17(2)29-24-16)15-30-22-8-4-3-7-20(22)23(26)25-11-9-18(10-12-25)28-14-19-6-5-13-27-19/h3-4,7-8,18-19H,5-6,9-15H2,1-2H3. The summed E-state index contributed by atoms with van der Waals surface area (Å²) in [5.74, 6) is 1.69. The van der Waals surface area contributed by atoms with E-state index in [9.17, 15) is 4.79 Å². The molecule has 2 saturated heterocycles. The van der Waals surface area contributed by atoms with Crippen molar-refractivity contribution in [3.63, 3.8) is 0 Å². The third-order valence-corrected chi connectivity index (χ3v) is 7.04. The molecule has 0 aliphatic carbocycles. The number of amides is 1. The zero-order chi connectivity index (χ0) is 20.9. The Hall–Kier alpha value is -1.83. The van der Waals surface area contributed by atoms with E-state index in [1.165, 1.54) is 0 Å². The molecule has 0 N–H and O–H groups in total. The molecule has 1 aromatic carbocycles. The number of nitrogens with zero attached hydrogens (tertiary/aromatic N) is 2. The second-order valence-corrected chi connectivity index (χ2v) is 9.06. The van der Waals surface area contributed by atoms with Crippen LogP contribution in [0.25, 0.3) is 0 Å². The number of benzene rings is 1. The molecule has 0 saturated carbocycles. The number of aryl methyl sites for hydroxylation is 2. The highest BCUT2D eigenvalue weighted by atomic mass is 32.2. The molecule has 1 aromatic heterocycles. The maximum Gasteiger partial charge on any atom is 0.254 e. The monoisotopic (exact) mass is 430 g/mol. The second kappa shape index (κ2) is 9.98. The maximum atomic E-state index is 13.2. The Morgan fingerprint density at radius 2 is 2.03 bits per heavy atom. The number of piperidine rings is 1. The van der Waals surface area contributed by atoms with Gasteiger partial charge >= 0.3 is 0 Å². The quantitative estimate of drug-likeness (QED) is 0.607. The molecule has 2 fully saturated rings. The SMILES string of the molecule is Cc1noc(C)c1CSc1ccccc1C(=O)N1CCC(OCC2CCCO2)CC1. The van der Waals surface area contributed by atoms with Crippen molar-refractivity contribution in [3.05, 3.63) is 46.8 Å². The van der Waals surface area contributed by atoms with Gasteiger partial charge in [-0.15, -0.1) is 11.8 Å². The van der Waals surface area contributed by atoms with E-state index in [0.717, 1.165) is 78.6 Å². The first-order valence-electron chi connectivity index (χ1n) is 10.8. The van der Waals surface area contributed by atoms with Crippen LogP contribution in [0.15, 0.2) is 33.7 Å². The van der Waals surface area contributed by atoms with Crippen LogP contribution < -0.4 is 0 Å². The summed E-state index contributed by atoms with van der Waals surface area (Å²) < 4.78 is 16.9. The molecule has 30 heavy (non-hydrogen) atoms. The van der Waals surface area contributed by atoms with E-state index in [0.29, 0.717) is 6.61 Å². The molecule has 1 amide bonds. The Balaban J connectivity index is 1.32. The van der Waals surface area contributed by atoms with Crippen LogP contribution in [0, 0.1) is 13.8 Å². The summed E-state index contributed by atoms with van der Waals surface area (Å²) in [5.41, 5.74) is 2.79. The van der Waals surface area contributed by atoms with Gasteiger partial charge in [0.1, 0.15) is 5.76 Å². The highest BCUT2D eigenvalue weighted by Crippen LogP contribution is 2.30. The number of carbonyl (C=O) groups excluding carboxylic acids is 1. The van der Waals surface area contributed by atoms with Crippen molar-refractivity contribution in [1.29, 1.82) is 0 Å². The van der Waals surface area contributed by atoms with Crippen LogP contribution in [0.2, 0.25) is 0 Å². The minimum absolute atomic E-state index is 0.106. The van der Waals surface area contributed by atoms with Crippen LogP contribution in [0.1, 0.15) is 53.1 Å². The van der Waals surface area contributed by atoms with Gasteiger partial charge in [-0.05, 0) is 51.7 Å². The Bertz CT molecular complexity index is 835. The molecular formula is C23H30N2O4S. The number of carbonyl (C=O) groups is 1. The van der Waals surface area contributed by atoms with Gasteiger partial charge in [-0.1, -0.05) is 17.3 Å². The molecule has 2 aliphatic heterocycles. The van der Waals surface area contributed by atoms with Crippen LogP contribution >= 0.6 is 11.8 Å². The van der Waals surface area contributed by atoms with E-state index < -0.39 is 0 Å². The van der Waals surface area contributed by atoms with Crippen molar-refractivity contribution >= 4 is 17.7 Å². The Morgan fingerprint density at radius 3 is 2.73 bits per heavy atom. The zero-order valence-electron chi connectivity index (χ0n) is 17.8. The van der Waals surface area contributed by atoms with Gasteiger partial charge in [0, 0.05) is 35.9 Å². The van der Waals surface area contributed by atoms with Gasteiger partial charge in [0.2, 0.25) is 0 Å². The van der Waals surface area contributed by atoms with E-state index in [2.05, 4.69) is 5.16 Å². The minimum Gasteiger partial charge on any atom is -0.376 e. The van der Waals surface area contributed by atoms with Gasteiger partial charge in [-0.25, -0.2) is 0 Å². The number of thioether (sulfide) groups is 1. The molecule has 4 rings (SSSR count). The van der Waals surface area contributed by atoms with Crippen molar-refractivity contribution in [2.45, 2.75) is 62.4 Å². The van der Waals surface area contributed by atoms with Gasteiger partial charge in [0.25, 0.3) is 5.91 Å². The third kappa shape index (κ3) is 5.07. The van der Waals surface area contributed by atoms with Crippen molar-refractivity contribution < 1.29 is 18.8 Å². The Labute approximate surface area is 182 Å². The molecule has 2 aromatic rings. The third-order valence-electron chi connectivity index (χ3n) is 5.94.